The van der Waals surface area contributed by atoms with Gasteiger partial charge in [-0.1, -0.05) is 35.4 Å². The molecule has 2 rings (SSSR count). The van der Waals surface area contributed by atoms with Crippen molar-refractivity contribution in [2.75, 3.05) is 6.54 Å². The zero-order chi connectivity index (χ0) is 16.3. The molecule has 0 atom stereocenters. The van der Waals surface area contributed by atoms with Gasteiger partial charge in [0.1, 0.15) is 5.82 Å². The molecule has 0 bridgehead atoms. The molecule has 3 nitrogen and oxygen atoms in total. The first kappa shape index (κ1) is 16.9. The van der Waals surface area contributed by atoms with Gasteiger partial charge in [0.05, 0.1) is 9.92 Å². The lowest BCUT2D eigenvalue weighted by Crippen LogP contribution is -2.26. The van der Waals surface area contributed by atoms with Crippen molar-refractivity contribution in [3.05, 3.63) is 63.9 Å². The Kier molecular flexibility index (Phi) is 5.21. The molecule has 118 valence electrons. The molecule has 0 aliphatic rings. The largest absolute Gasteiger partial charge is 0.240 e. The van der Waals surface area contributed by atoms with E-state index in [1.807, 2.05) is 26.0 Å². The molecule has 0 unspecified atom stereocenters. The molecule has 0 aliphatic carbocycles. The molecule has 2 aromatic carbocycles. The number of sulfonamides is 1. The van der Waals surface area contributed by atoms with Crippen molar-refractivity contribution in [2.24, 2.45) is 0 Å². The van der Waals surface area contributed by atoms with Crippen LogP contribution in [0, 0.1) is 19.7 Å². The Bertz CT molecular complexity index is 791. The molecule has 2 aromatic rings. The summed E-state index contributed by atoms with van der Waals surface area (Å²) in [4.78, 5) is -0.0421. The lowest BCUT2D eigenvalue weighted by atomic mass is 10.0. The van der Waals surface area contributed by atoms with Crippen molar-refractivity contribution < 1.29 is 12.8 Å². The molecular formula is C16H17ClFNO2S. The van der Waals surface area contributed by atoms with E-state index < -0.39 is 15.8 Å². The standard InChI is InChI=1S/C16H17ClFNO2S/c1-11-3-4-13(12(2)9-11)7-8-19-22(20,21)14-5-6-16(18)15(17)10-14/h3-6,9-10,19H,7-8H2,1-2H3. The molecule has 0 fully saturated rings. The number of halogens is 2. The van der Waals surface area contributed by atoms with Crippen LogP contribution in [0.2, 0.25) is 5.02 Å². The topological polar surface area (TPSA) is 46.2 Å². The zero-order valence-electron chi connectivity index (χ0n) is 12.4. The van der Waals surface area contributed by atoms with Gasteiger partial charge in [-0.3, -0.25) is 0 Å². The van der Waals surface area contributed by atoms with Crippen LogP contribution in [-0.2, 0) is 16.4 Å². The van der Waals surface area contributed by atoms with E-state index in [-0.39, 0.29) is 16.5 Å². The van der Waals surface area contributed by atoms with Gasteiger partial charge in [0.25, 0.3) is 0 Å². The van der Waals surface area contributed by atoms with Crippen molar-refractivity contribution >= 4 is 21.6 Å². The van der Waals surface area contributed by atoms with Crippen LogP contribution in [0.25, 0.3) is 0 Å². The van der Waals surface area contributed by atoms with E-state index in [0.29, 0.717) is 6.42 Å². The molecule has 22 heavy (non-hydrogen) atoms. The molecule has 0 saturated carbocycles. The summed E-state index contributed by atoms with van der Waals surface area (Å²) in [5.41, 5.74) is 3.39. The summed E-state index contributed by atoms with van der Waals surface area (Å²) in [5, 5.41) is -0.211. The zero-order valence-corrected chi connectivity index (χ0v) is 13.9. The third-order valence-electron chi connectivity index (χ3n) is 3.39. The number of rotatable bonds is 5. The highest BCUT2D eigenvalue weighted by atomic mass is 35.5. The summed E-state index contributed by atoms with van der Waals surface area (Å²) in [5.74, 6) is -0.643. The van der Waals surface area contributed by atoms with Gasteiger partial charge in [0.15, 0.2) is 0 Å². The molecule has 0 spiro atoms. The van der Waals surface area contributed by atoms with E-state index in [1.54, 1.807) is 0 Å². The third kappa shape index (κ3) is 4.06. The second-order valence-electron chi connectivity index (χ2n) is 5.15. The highest BCUT2D eigenvalue weighted by Crippen LogP contribution is 2.19. The van der Waals surface area contributed by atoms with Crippen LogP contribution in [0.5, 0.6) is 0 Å². The van der Waals surface area contributed by atoms with E-state index in [2.05, 4.69) is 10.8 Å². The number of nitrogens with one attached hydrogen (secondary N) is 1. The SMILES string of the molecule is Cc1ccc(CCNS(=O)(=O)c2ccc(F)c(Cl)c2)c(C)c1. The maximum absolute atomic E-state index is 13.1. The Morgan fingerprint density at radius 2 is 1.86 bits per heavy atom. The second kappa shape index (κ2) is 6.77. The summed E-state index contributed by atoms with van der Waals surface area (Å²) in [6, 6.07) is 9.39. The molecular weight excluding hydrogens is 325 g/mol. The summed E-state index contributed by atoms with van der Waals surface area (Å²) >= 11 is 5.62. The van der Waals surface area contributed by atoms with Gasteiger partial charge in [-0.05, 0) is 49.6 Å². The van der Waals surface area contributed by atoms with E-state index in [0.717, 1.165) is 23.3 Å². The third-order valence-corrected chi connectivity index (χ3v) is 5.13. The Morgan fingerprint density at radius 1 is 1.14 bits per heavy atom. The molecule has 0 radical (unpaired) electrons. The lowest BCUT2D eigenvalue weighted by Gasteiger charge is -2.09. The maximum atomic E-state index is 13.1. The Labute approximate surface area is 135 Å². The summed E-state index contributed by atoms with van der Waals surface area (Å²) in [7, 11) is -3.69. The highest BCUT2D eigenvalue weighted by Gasteiger charge is 2.15. The average molecular weight is 342 g/mol. The maximum Gasteiger partial charge on any atom is 0.240 e. The van der Waals surface area contributed by atoms with E-state index in [1.165, 1.54) is 11.6 Å². The molecule has 0 heterocycles. The minimum atomic E-state index is -3.69. The molecule has 1 N–H and O–H groups in total. The fraction of sp³-hybridized carbons (Fsp3) is 0.250. The predicted molar refractivity (Wildman–Crippen MR) is 86.2 cm³/mol. The van der Waals surface area contributed by atoms with E-state index in [4.69, 9.17) is 11.6 Å². The van der Waals surface area contributed by atoms with E-state index >= 15 is 0 Å². The fourth-order valence-electron chi connectivity index (χ4n) is 2.17. The van der Waals surface area contributed by atoms with Crippen molar-refractivity contribution in [1.29, 1.82) is 0 Å². The van der Waals surface area contributed by atoms with Gasteiger partial charge < -0.3 is 0 Å². The van der Waals surface area contributed by atoms with Crippen molar-refractivity contribution in [3.63, 3.8) is 0 Å². The van der Waals surface area contributed by atoms with Crippen LogP contribution in [0.3, 0.4) is 0 Å². The van der Waals surface area contributed by atoms with Crippen LogP contribution in [0.4, 0.5) is 4.39 Å². The second-order valence-corrected chi connectivity index (χ2v) is 7.33. The van der Waals surface area contributed by atoms with Crippen LogP contribution in [0.1, 0.15) is 16.7 Å². The van der Waals surface area contributed by atoms with E-state index in [9.17, 15) is 12.8 Å². The lowest BCUT2D eigenvalue weighted by molar-refractivity contribution is 0.580. The smallest absolute Gasteiger partial charge is 0.211 e. The van der Waals surface area contributed by atoms with Crippen LogP contribution in [-0.4, -0.2) is 15.0 Å². The summed E-state index contributed by atoms with van der Waals surface area (Å²) in [6.07, 6.45) is 0.584. The molecule has 6 heteroatoms. The Hall–Kier alpha value is -1.43. The van der Waals surface area contributed by atoms with Gasteiger partial charge >= 0.3 is 0 Å². The quantitative estimate of drug-likeness (QED) is 0.902. The van der Waals surface area contributed by atoms with Gasteiger partial charge in [0.2, 0.25) is 10.0 Å². The highest BCUT2D eigenvalue weighted by molar-refractivity contribution is 7.89. The molecule has 0 aromatic heterocycles. The molecule has 0 aliphatic heterocycles. The van der Waals surface area contributed by atoms with Crippen LogP contribution < -0.4 is 4.72 Å². The minimum Gasteiger partial charge on any atom is -0.211 e. The van der Waals surface area contributed by atoms with Crippen molar-refractivity contribution in [2.45, 2.75) is 25.2 Å². The summed E-state index contributed by atoms with van der Waals surface area (Å²) in [6.45, 7) is 4.27. The number of benzene rings is 2. The van der Waals surface area contributed by atoms with Gasteiger partial charge in [-0.15, -0.1) is 0 Å². The van der Waals surface area contributed by atoms with Crippen molar-refractivity contribution in [1.82, 2.24) is 4.72 Å². The molecule has 0 saturated heterocycles. The number of hydrogen-bond donors (Lipinski definition) is 1. The van der Waals surface area contributed by atoms with Gasteiger partial charge in [0, 0.05) is 6.54 Å². The molecule has 0 amide bonds. The Balaban J connectivity index is 2.05. The monoisotopic (exact) mass is 341 g/mol. The number of aryl methyl sites for hydroxylation is 2. The Morgan fingerprint density at radius 3 is 2.50 bits per heavy atom. The first-order chi connectivity index (χ1) is 10.3. The van der Waals surface area contributed by atoms with Gasteiger partial charge in [-0.25, -0.2) is 17.5 Å². The predicted octanol–water partition coefficient (Wildman–Crippen LogP) is 3.62. The minimum absolute atomic E-state index is 0.0421. The van der Waals surface area contributed by atoms with Crippen molar-refractivity contribution in [3.8, 4) is 0 Å². The first-order valence-electron chi connectivity index (χ1n) is 6.80. The number of hydrogen-bond acceptors (Lipinski definition) is 2. The van der Waals surface area contributed by atoms with Crippen LogP contribution in [0.15, 0.2) is 41.3 Å². The fourth-order valence-corrected chi connectivity index (χ4v) is 3.48. The normalized spacial score (nSPS) is 11.6. The van der Waals surface area contributed by atoms with Gasteiger partial charge in [-0.2, -0.15) is 0 Å². The average Bonchev–Trinajstić information content (AvgIpc) is 2.44. The van der Waals surface area contributed by atoms with Crippen LogP contribution >= 0.6 is 11.6 Å². The first-order valence-corrected chi connectivity index (χ1v) is 8.66. The summed E-state index contributed by atoms with van der Waals surface area (Å²) < 4.78 is 39.9.